The summed E-state index contributed by atoms with van der Waals surface area (Å²) >= 11 is 0. The lowest BCUT2D eigenvalue weighted by Crippen LogP contribution is -2.33. The number of halogens is 1. The van der Waals surface area contributed by atoms with E-state index in [1.165, 1.54) is 40.9 Å². The summed E-state index contributed by atoms with van der Waals surface area (Å²) in [6, 6.07) is 10.2. The molecule has 9 heteroatoms. The largest absolute Gasteiger partial charge is 0.344 e. The van der Waals surface area contributed by atoms with E-state index in [4.69, 9.17) is 0 Å². The molecule has 3 rings (SSSR count). The number of nitrogens with zero attached hydrogens (tertiary/aromatic N) is 3. The second-order valence-electron chi connectivity index (χ2n) is 8.15. The Bertz CT molecular complexity index is 1410. The zero-order chi connectivity index (χ0) is 25.8. The van der Waals surface area contributed by atoms with Crippen molar-refractivity contribution in [1.29, 1.82) is 0 Å². The summed E-state index contributed by atoms with van der Waals surface area (Å²) < 4.78 is 43.5. The molecule has 3 aromatic rings. The zero-order valence-electron chi connectivity index (χ0n) is 19.8. The van der Waals surface area contributed by atoms with Crippen LogP contribution in [0.3, 0.4) is 0 Å². The van der Waals surface area contributed by atoms with Gasteiger partial charge in [0.2, 0.25) is 10.0 Å². The molecular weight excluding hydrogens is 469 g/mol. The molecule has 0 saturated heterocycles. The second kappa shape index (κ2) is 10.8. The highest BCUT2D eigenvalue weighted by Crippen LogP contribution is 2.19. The van der Waals surface area contributed by atoms with Crippen molar-refractivity contribution in [2.24, 2.45) is 0 Å². The van der Waals surface area contributed by atoms with Crippen LogP contribution in [0.4, 0.5) is 4.39 Å². The normalized spacial score (nSPS) is 11.5. The van der Waals surface area contributed by atoms with Crippen molar-refractivity contribution in [2.45, 2.75) is 31.8 Å². The molecule has 0 aliphatic rings. The number of aryl methyl sites for hydroxylation is 1. The van der Waals surface area contributed by atoms with Crippen LogP contribution in [-0.4, -0.2) is 40.7 Å². The molecule has 0 spiro atoms. The fourth-order valence-corrected chi connectivity index (χ4v) is 5.23. The summed E-state index contributed by atoms with van der Waals surface area (Å²) in [6.45, 7) is 11.1. The number of Topliss-reactive ketones (excluding diaryl/α,β-unsaturated/α-hetero) is 1. The summed E-state index contributed by atoms with van der Waals surface area (Å²) in [7, 11) is -3.92. The fourth-order valence-electron chi connectivity index (χ4n) is 3.83. The van der Waals surface area contributed by atoms with Gasteiger partial charge in [0.05, 0.1) is 11.4 Å². The second-order valence-corrected chi connectivity index (χ2v) is 10.1. The molecule has 0 saturated carbocycles. The lowest BCUT2D eigenvalue weighted by atomic mass is 10.1. The Morgan fingerprint density at radius 3 is 2.29 bits per heavy atom. The van der Waals surface area contributed by atoms with Gasteiger partial charge in [-0.15, -0.1) is 13.2 Å². The summed E-state index contributed by atoms with van der Waals surface area (Å²) in [5.41, 5.74) is 2.37. The topological polar surface area (TPSA) is 81.4 Å². The maximum Gasteiger partial charge on any atom is 0.251 e. The van der Waals surface area contributed by atoms with E-state index in [0.29, 0.717) is 17.8 Å². The van der Waals surface area contributed by atoms with Crippen molar-refractivity contribution >= 4 is 15.8 Å². The summed E-state index contributed by atoms with van der Waals surface area (Å²) in [6.07, 6.45) is 4.11. The van der Waals surface area contributed by atoms with Crippen LogP contribution in [-0.2, 0) is 23.1 Å². The molecule has 0 aliphatic carbocycles. The van der Waals surface area contributed by atoms with Gasteiger partial charge in [0.25, 0.3) is 5.56 Å². The van der Waals surface area contributed by atoms with Gasteiger partial charge in [-0.05, 0) is 43.7 Å². The average Bonchev–Trinajstić information content (AvgIpc) is 3.10. The molecule has 1 aromatic carbocycles. The Labute approximate surface area is 204 Å². The van der Waals surface area contributed by atoms with Crippen LogP contribution in [0, 0.1) is 19.7 Å². The van der Waals surface area contributed by atoms with Crippen molar-refractivity contribution in [3.63, 3.8) is 0 Å². The predicted molar refractivity (Wildman–Crippen MR) is 134 cm³/mol. The maximum atomic E-state index is 13.2. The third kappa shape index (κ3) is 5.75. The lowest BCUT2D eigenvalue weighted by molar-refractivity contribution is 0.0969. The zero-order valence-corrected chi connectivity index (χ0v) is 20.6. The van der Waals surface area contributed by atoms with Gasteiger partial charge in [0.15, 0.2) is 5.78 Å². The number of pyridine rings is 1. The van der Waals surface area contributed by atoms with Gasteiger partial charge >= 0.3 is 0 Å². The lowest BCUT2D eigenvalue weighted by Gasteiger charge is -2.19. The quantitative estimate of drug-likeness (QED) is 0.299. The first-order valence-electron chi connectivity index (χ1n) is 10.9. The Morgan fingerprint density at radius 2 is 1.69 bits per heavy atom. The molecule has 2 heterocycles. The minimum Gasteiger partial charge on any atom is -0.344 e. The fraction of sp³-hybridized carbons (Fsp3) is 0.231. The Balaban J connectivity index is 1.89. The van der Waals surface area contributed by atoms with Crippen LogP contribution >= 0.6 is 0 Å². The van der Waals surface area contributed by atoms with E-state index in [1.807, 2.05) is 11.5 Å². The van der Waals surface area contributed by atoms with E-state index in [2.05, 4.69) is 13.2 Å². The molecule has 0 amide bonds. The highest BCUT2D eigenvalue weighted by molar-refractivity contribution is 7.89. The van der Waals surface area contributed by atoms with E-state index in [-0.39, 0.29) is 36.1 Å². The molecule has 0 radical (unpaired) electrons. The third-order valence-corrected chi connectivity index (χ3v) is 7.52. The highest BCUT2D eigenvalue weighted by atomic mass is 32.2. The number of sulfonamides is 1. The smallest absolute Gasteiger partial charge is 0.251 e. The number of carbonyl (C=O) groups is 1. The van der Waals surface area contributed by atoms with E-state index in [0.717, 1.165) is 21.9 Å². The SMILES string of the molecule is C=CCN(CC=C)S(=O)(=O)c1ccc(=O)n(CC(=O)c2cc(C)n(Cc3ccc(F)cc3)c2C)c1. The van der Waals surface area contributed by atoms with Crippen molar-refractivity contribution in [1.82, 2.24) is 13.4 Å². The molecular formula is C26H28FN3O4S. The van der Waals surface area contributed by atoms with Crippen LogP contribution in [0.25, 0.3) is 0 Å². The Kier molecular flexibility index (Phi) is 8.03. The van der Waals surface area contributed by atoms with Gasteiger partial charge in [-0.2, -0.15) is 4.31 Å². The van der Waals surface area contributed by atoms with Gasteiger partial charge in [0.1, 0.15) is 5.82 Å². The standard InChI is InChI=1S/C26H28FN3O4S/c1-5-13-29(14-6-2)35(33,34)23-11-12-26(32)28(17-23)18-25(31)24-15-19(3)30(20(24)4)16-21-7-9-22(27)10-8-21/h5-12,15,17H,1-2,13-14,16,18H2,3-4H3. The van der Waals surface area contributed by atoms with Crippen LogP contribution in [0.2, 0.25) is 0 Å². The van der Waals surface area contributed by atoms with Crippen LogP contribution in [0.5, 0.6) is 0 Å². The average molecular weight is 498 g/mol. The monoisotopic (exact) mass is 497 g/mol. The molecule has 0 unspecified atom stereocenters. The van der Waals surface area contributed by atoms with Gasteiger partial charge in [-0.25, -0.2) is 12.8 Å². The summed E-state index contributed by atoms with van der Waals surface area (Å²) in [4.78, 5) is 25.5. The van der Waals surface area contributed by atoms with Crippen LogP contribution < -0.4 is 5.56 Å². The molecule has 0 atom stereocenters. The number of carbonyl (C=O) groups excluding carboxylic acids is 1. The number of hydrogen-bond donors (Lipinski definition) is 0. The van der Waals surface area contributed by atoms with Crippen LogP contribution in [0.1, 0.15) is 27.3 Å². The van der Waals surface area contributed by atoms with Gasteiger partial charge < -0.3 is 9.13 Å². The number of benzene rings is 1. The minimum atomic E-state index is -3.92. The van der Waals surface area contributed by atoms with E-state index < -0.39 is 15.6 Å². The van der Waals surface area contributed by atoms with Gasteiger partial charge in [-0.3, -0.25) is 9.59 Å². The minimum absolute atomic E-state index is 0.0758. The molecule has 35 heavy (non-hydrogen) atoms. The highest BCUT2D eigenvalue weighted by Gasteiger charge is 2.24. The summed E-state index contributed by atoms with van der Waals surface area (Å²) in [5.74, 6) is -0.647. The van der Waals surface area contributed by atoms with Gasteiger partial charge in [0, 0.05) is 48.8 Å². The van der Waals surface area contributed by atoms with E-state index in [1.54, 1.807) is 25.1 Å². The molecule has 0 fully saturated rings. The van der Waals surface area contributed by atoms with E-state index in [9.17, 15) is 22.4 Å². The molecule has 0 bridgehead atoms. The third-order valence-electron chi connectivity index (χ3n) is 5.70. The molecule has 0 N–H and O–H groups in total. The molecule has 184 valence electrons. The molecule has 7 nitrogen and oxygen atoms in total. The first-order chi connectivity index (χ1) is 16.6. The first kappa shape index (κ1) is 26.1. The Hall–Kier alpha value is -3.56. The van der Waals surface area contributed by atoms with E-state index >= 15 is 0 Å². The van der Waals surface area contributed by atoms with Crippen molar-refractivity contribution in [2.75, 3.05) is 13.1 Å². The maximum absolute atomic E-state index is 13.2. The predicted octanol–water partition coefficient (Wildman–Crippen LogP) is 3.70. The van der Waals surface area contributed by atoms with Crippen molar-refractivity contribution < 1.29 is 17.6 Å². The number of aromatic nitrogens is 2. The van der Waals surface area contributed by atoms with Crippen molar-refractivity contribution in [3.8, 4) is 0 Å². The van der Waals surface area contributed by atoms with Crippen LogP contribution in [0.15, 0.2) is 83.7 Å². The first-order valence-corrected chi connectivity index (χ1v) is 12.4. The molecule has 2 aromatic heterocycles. The summed E-state index contributed by atoms with van der Waals surface area (Å²) in [5, 5.41) is 0. The number of hydrogen-bond acceptors (Lipinski definition) is 4. The number of rotatable bonds is 11. The number of ketones is 1. The molecule has 0 aliphatic heterocycles. The Morgan fingerprint density at radius 1 is 1.06 bits per heavy atom. The van der Waals surface area contributed by atoms with Crippen molar-refractivity contribution in [3.05, 3.63) is 113 Å². The van der Waals surface area contributed by atoms with Gasteiger partial charge in [-0.1, -0.05) is 24.3 Å².